The first-order valence-electron chi connectivity index (χ1n) is 8.48. The highest BCUT2D eigenvalue weighted by Gasteiger charge is 2.27. The van der Waals surface area contributed by atoms with Crippen molar-refractivity contribution in [3.8, 4) is 0 Å². The van der Waals surface area contributed by atoms with Gasteiger partial charge in [0, 0.05) is 25.7 Å². The third kappa shape index (κ3) is 7.55. The van der Waals surface area contributed by atoms with E-state index in [9.17, 15) is 8.42 Å². The van der Waals surface area contributed by atoms with Crippen LogP contribution in [-0.2, 0) is 10.0 Å². The second-order valence-electron chi connectivity index (χ2n) is 6.64. The highest BCUT2D eigenvalue weighted by molar-refractivity contribution is 14.0. The van der Waals surface area contributed by atoms with Gasteiger partial charge in [-0.3, -0.25) is 4.99 Å². The van der Waals surface area contributed by atoms with E-state index in [2.05, 4.69) is 14.6 Å². The van der Waals surface area contributed by atoms with Crippen LogP contribution in [0.3, 0.4) is 0 Å². The van der Waals surface area contributed by atoms with E-state index in [1.807, 2.05) is 0 Å². The topological polar surface area (TPSA) is 87.8 Å². The van der Waals surface area contributed by atoms with Gasteiger partial charge in [-0.05, 0) is 31.6 Å². The maximum Gasteiger partial charge on any atom is 0.208 e. The molecule has 23 heavy (non-hydrogen) atoms. The van der Waals surface area contributed by atoms with Gasteiger partial charge < -0.3 is 10.6 Å². The van der Waals surface area contributed by atoms with Crippen molar-refractivity contribution in [1.29, 1.82) is 0 Å². The van der Waals surface area contributed by atoms with E-state index in [1.54, 1.807) is 0 Å². The van der Waals surface area contributed by atoms with Gasteiger partial charge in [-0.25, -0.2) is 13.1 Å². The molecule has 0 amide bonds. The highest BCUT2D eigenvalue weighted by Crippen LogP contribution is 2.25. The van der Waals surface area contributed by atoms with Crippen LogP contribution >= 0.6 is 24.0 Å². The summed E-state index contributed by atoms with van der Waals surface area (Å²) in [5.41, 5.74) is 6.15. The largest absolute Gasteiger partial charge is 0.370 e. The molecule has 0 aromatic carbocycles. The molecule has 2 aliphatic rings. The molecule has 2 fully saturated rings. The van der Waals surface area contributed by atoms with Gasteiger partial charge in [-0.1, -0.05) is 25.7 Å². The van der Waals surface area contributed by atoms with E-state index >= 15 is 0 Å². The van der Waals surface area contributed by atoms with E-state index in [0.29, 0.717) is 12.5 Å². The van der Waals surface area contributed by atoms with Crippen molar-refractivity contribution in [1.82, 2.24) is 9.62 Å². The Balaban J connectivity index is 0.00000264. The summed E-state index contributed by atoms with van der Waals surface area (Å²) in [5.74, 6) is 0.889. The Morgan fingerprint density at radius 2 is 1.74 bits per heavy atom. The van der Waals surface area contributed by atoms with Crippen LogP contribution in [0.5, 0.6) is 0 Å². The van der Waals surface area contributed by atoms with Crippen molar-refractivity contribution in [3.63, 3.8) is 0 Å². The van der Waals surface area contributed by atoms with Gasteiger partial charge in [0.25, 0.3) is 0 Å². The fraction of sp³-hybridized carbons (Fsp3) is 0.933. The molecule has 2 atom stereocenters. The van der Waals surface area contributed by atoms with Crippen molar-refractivity contribution < 1.29 is 8.42 Å². The van der Waals surface area contributed by atoms with Crippen molar-refractivity contribution in [2.75, 3.05) is 25.9 Å². The molecule has 0 spiro atoms. The third-order valence-electron chi connectivity index (χ3n) is 4.69. The lowest BCUT2D eigenvalue weighted by atomic mass is 9.85. The lowest BCUT2D eigenvalue weighted by molar-refractivity contribution is 0.295. The summed E-state index contributed by atoms with van der Waals surface area (Å²) in [5, 5.41) is 0. The molecule has 3 N–H and O–H groups in total. The summed E-state index contributed by atoms with van der Waals surface area (Å²) in [6.07, 6.45) is 10.3. The van der Waals surface area contributed by atoms with Gasteiger partial charge in [0.2, 0.25) is 10.0 Å². The Kier molecular flexibility index (Phi) is 9.13. The van der Waals surface area contributed by atoms with E-state index in [-0.39, 0.29) is 35.9 Å². The van der Waals surface area contributed by atoms with Gasteiger partial charge in [0.05, 0.1) is 6.26 Å². The molecule has 0 radical (unpaired) electrons. The van der Waals surface area contributed by atoms with Crippen LogP contribution in [-0.4, -0.2) is 51.2 Å². The van der Waals surface area contributed by atoms with Gasteiger partial charge in [-0.2, -0.15) is 0 Å². The minimum absolute atomic E-state index is 0. The summed E-state index contributed by atoms with van der Waals surface area (Å²) >= 11 is 0. The molecule has 136 valence electrons. The van der Waals surface area contributed by atoms with Crippen LogP contribution in [0.2, 0.25) is 0 Å². The number of halogens is 1. The molecule has 1 heterocycles. The maximum absolute atomic E-state index is 11.5. The predicted octanol–water partition coefficient (Wildman–Crippen LogP) is 1.90. The lowest BCUT2D eigenvalue weighted by Gasteiger charge is -2.31. The molecule has 2 unspecified atom stereocenters. The Hall–Kier alpha value is -0.0900. The SMILES string of the molecule is CS(=O)(=O)NC1CCCCC1CN=C(N)N1CCCCCC1.I. The second kappa shape index (κ2) is 10.0. The molecule has 6 nitrogen and oxygen atoms in total. The van der Waals surface area contributed by atoms with Crippen LogP contribution in [0.25, 0.3) is 0 Å². The Bertz CT molecular complexity index is 476. The fourth-order valence-corrected chi connectivity index (χ4v) is 4.33. The van der Waals surface area contributed by atoms with E-state index < -0.39 is 10.0 Å². The lowest BCUT2D eigenvalue weighted by Crippen LogP contribution is -2.43. The normalized spacial score (nSPS) is 27.2. The zero-order valence-corrected chi connectivity index (χ0v) is 17.2. The van der Waals surface area contributed by atoms with E-state index in [0.717, 1.165) is 38.8 Å². The summed E-state index contributed by atoms with van der Waals surface area (Å²) in [4.78, 5) is 6.75. The average Bonchev–Trinajstić information content (AvgIpc) is 2.73. The number of hydrogen-bond donors (Lipinski definition) is 2. The molecule has 0 aromatic rings. The smallest absolute Gasteiger partial charge is 0.208 e. The molecule has 8 heteroatoms. The first-order valence-corrected chi connectivity index (χ1v) is 10.4. The van der Waals surface area contributed by atoms with Crippen LogP contribution in [0.4, 0.5) is 0 Å². The minimum Gasteiger partial charge on any atom is -0.370 e. The standard InChI is InChI=1S/C15H30N4O2S.HI/c1-22(20,21)18-14-9-5-4-8-13(14)12-17-15(16)19-10-6-2-3-7-11-19;/h13-14,18H,2-12H2,1H3,(H2,16,17);1H. The first kappa shape index (κ1) is 21.0. The molecule has 1 saturated heterocycles. The fourth-order valence-electron chi connectivity index (χ4n) is 3.47. The molecule has 1 aliphatic heterocycles. The maximum atomic E-state index is 11.5. The summed E-state index contributed by atoms with van der Waals surface area (Å²) in [6.45, 7) is 2.60. The quantitative estimate of drug-likeness (QED) is 0.383. The van der Waals surface area contributed by atoms with Crippen molar-refractivity contribution in [2.24, 2.45) is 16.6 Å². The minimum atomic E-state index is -3.16. The van der Waals surface area contributed by atoms with Crippen LogP contribution in [0, 0.1) is 5.92 Å². The number of nitrogens with zero attached hydrogens (tertiary/aromatic N) is 2. The highest BCUT2D eigenvalue weighted by atomic mass is 127. The van der Waals surface area contributed by atoms with Crippen LogP contribution in [0.1, 0.15) is 51.4 Å². The number of rotatable bonds is 4. The van der Waals surface area contributed by atoms with Gasteiger partial charge in [-0.15, -0.1) is 24.0 Å². The molecule has 1 aliphatic carbocycles. The monoisotopic (exact) mass is 458 g/mol. The third-order valence-corrected chi connectivity index (χ3v) is 5.42. The molecule has 1 saturated carbocycles. The summed E-state index contributed by atoms with van der Waals surface area (Å²) in [6, 6.07) is 0.00411. The average molecular weight is 458 g/mol. The molecule has 0 aromatic heterocycles. The first-order chi connectivity index (χ1) is 10.5. The number of likely N-dealkylation sites (tertiary alicyclic amines) is 1. The predicted molar refractivity (Wildman–Crippen MR) is 106 cm³/mol. The second-order valence-corrected chi connectivity index (χ2v) is 8.42. The molecular weight excluding hydrogens is 427 g/mol. The number of nitrogens with one attached hydrogen (secondary N) is 1. The zero-order valence-electron chi connectivity index (χ0n) is 14.0. The molecule has 2 rings (SSSR count). The van der Waals surface area contributed by atoms with Gasteiger partial charge in [0.1, 0.15) is 0 Å². The van der Waals surface area contributed by atoms with Crippen LogP contribution in [0.15, 0.2) is 4.99 Å². The number of hydrogen-bond acceptors (Lipinski definition) is 3. The van der Waals surface area contributed by atoms with Gasteiger partial charge >= 0.3 is 0 Å². The van der Waals surface area contributed by atoms with Crippen molar-refractivity contribution in [2.45, 2.75) is 57.4 Å². The molecular formula is C15H31IN4O2S. The Labute approximate surface area is 157 Å². The number of guanidine groups is 1. The van der Waals surface area contributed by atoms with Crippen molar-refractivity contribution >= 4 is 40.0 Å². The number of sulfonamides is 1. The number of nitrogens with two attached hydrogens (primary N) is 1. The zero-order chi connectivity index (χ0) is 16.0. The van der Waals surface area contributed by atoms with E-state index in [4.69, 9.17) is 5.73 Å². The van der Waals surface area contributed by atoms with Crippen molar-refractivity contribution in [3.05, 3.63) is 0 Å². The summed E-state index contributed by atoms with van der Waals surface area (Å²) in [7, 11) is -3.16. The Morgan fingerprint density at radius 1 is 1.13 bits per heavy atom. The van der Waals surface area contributed by atoms with Gasteiger partial charge in [0.15, 0.2) is 5.96 Å². The van der Waals surface area contributed by atoms with E-state index in [1.165, 1.54) is 31.9 Å². The number of aliphatic imine (C=N–C) groups is 1. The Morgan fingerprint density at radius 3 is 2.35 bits per heavy atom. The summed E-state index contributed by atoms with van der Waals surface area (Å²) < 4.78 is 25.7. The molecule has 0 bridgehead atoms. The van der Waals surface area contributed by atoms with Crippen LogP contribution < -0.4 is 10.5 Å².